The van der Waals surface area contributed by atoms with Gasteiger partial charge in [-0.05, 0) is 61.8 Å². The van der Waals surface area contributed by atoms with Crippen molar-refractivity contribution in [1.82, 2.24) is 9.71 Å². The van der Waals surface area contributed by atoms with E-state index in [1.807, 2.05) is 17.0 Å². The zero-order valence-corrected chi connectivity index (χ0v) is 23.5. The van der Waals surface area contributed by atoms with E-state index < -0.39 is 27.6 Å². The van der Waals surface area contributed by atoms with E-state index in [4.69, 9.17) is 16.3 Å². The molecule has 4 aliphatic rings. The maximum absolute atomic E-state index is 13.3. The van der Waals surface area contributed by atoms with E-state index in [9.17, 15) is 18.3 Å². The van der Waals surface area contributed by atoms with E-state index >= 15 is 0 Å². The summed E-state index contributed by atoms with van der Waals surface area (Å²) >= 11 is 6.30. The number of aliphatic hydroxyl groups excluding tert-OH is 1. The molecule has 2 N–H and O–H groups in total. The average Bonchev–Trinajstić information content (AvgIpc) is 3.40. The highest BCUT2D eigenvalue weighted by Crippen LogP contribution is 2.46. The lowest BCUT2D eigenvalue weighted by molar-refractivity contribution is -0.127. The molecule has 1 amide bonds. The third-order valence-corrected chi connectivity index (χ3v) is 9.46. The molecule has 2 saturated carbocycles. The third kappa shape index (κ3) is 5.43. The molecule has 2 bridgehead atoms. The first-order valence-electron chi connectivity index (χ1n) is 12.9. The Balaban J connectivity index is 0.00000294. The van der Waals surface area contributed by atoms with E-state index in [0.717, 1.165) is 18.8 Å². The number of rotatable bonds is 7. The maximum atomic E-state index is 13.3. The van der Waals surface area contributed by atoms with Crippen LogP contribution in [0.5, 0.6) is 5.75 Å². The monoisotopic (exact) mass is 580 g/mol. The molecule has 6 rings (SSSR count). The number of fused-ring (bicyclic) bond motifs is 2. The Hall–Kier alpha value is -2.21. The van der Waals surface area contributed by atoms with Crippen molar-refractivity contribution in [3.63, 3.8) is 0 Å². The molecule has 2 aliphatic heterocycles. The molecule has 1 aromatic carbocycles. The quantitative estimate of drug-likeness (QED) is 0.514. The van der Waals surface area contributed by atoms with Gasteiger partial charge in [0.15, 0.2) is 10.6 Å². The number of aliphatic hydroxyl groups is 1. The summed E-state index contributed by atoms with van der Waals surface area (Å²) < 4.78 is 34.7. The van der Waals surface area contributed by atoms with Gasteiger partial charge in [-0.2, -0.15) is 21.9 Å². The second kappa shape index (κ2) is 10.4. The molecule has 2 unspecified atom stereocenters. The van der Waals surface area contributed by atoms with Crippen molar-refractivity contribution in [2.75, 3.05) is 36.0 Å². The number of amides is 1. The zero-order valence-electron chi connectivity index (χ0n) is 21.0. The number of piperidine rings is 1. The van der Waals surface area contributed by atoms with Crippen molar-refractivity contribution in [3.8, 4) is 5.75 Å². The molecule has 0 spiro atoms. The van der Waals surface area contributed by atoms with Crippen LogP contribution in [0.3, 0.4) is 0 Å². The molecule has 3 heterocycles. The number of β-amino-alcohol motifs (C(OH)–C–C–N with tert-alkyl or cyclic N) is 1. The summed E-state index contributed by atoms with van der Waals surface area (Å²) in [5.41, 5.74) is -0.372. The number of halogens is 1. The van der Waals surface area contributed by atoms with Crippen LogP contribution in [0.25, 0.3) is 0 Å². The lowest BCUT2D eigenvalue weighted by Crippen LogP contribution is -2.44. The Morgan fingerprint density at radius 1 is 1.08 bits per heavy atom. The van der Waals surface area contributed by atoms with Crippen LogP contribution in [0, 0.1) is 11.8 Å². The Bertz CT molecular complexity index is 1310. The topological polar surface area (TPSA) is 112 Å². The van der Waals surface area contributed by atoms with Gasteiger partial charge in [0.25, 0.3) is 15.9 Å². The Kier molecular flexibility index (Phi) is 7.49. The first kappa shape index (κ1) is 27.4. The van der Waals surface area contributed by atoms with Crippen molar-refractivity contribution in [2.45, 2.75) is 55.3 Å². The molecular formula is C26H33ClN4O5S2. The van der Waals surface area contributed by atoms with Crippen molar-refractivity contribution in [1.29, 1.82) is 0 Å². The van der Waals surface area contributed by atoms with Crippen LogP contribution < -0.4 is 19.3 Å². The van der Waals surface area contributed by atoms with Gasteiger partial charge < -0.3 is 19.6 Å². The van der Waals surface area contributed by atoms with Crippen LogP contribution in [0.1, 0.15) is 38.5 Å². The van der Waals surface area contributed by atoms with Gasteiger partial charge in [0.05, 0.1) is 11.8 Å². The molecule has 2 saturated heterocycles. The number of hydrogen-bond donors (Lipinski definition) is 2. The number of nitrogens with one attached hydrogen (secondary N) is 1. The standard InChI is InChI=1S/C26H31ClN4O5S.H2S/c27-19-6-7-21(31-14-17-4-5-18(12-17)15-31)22(13-19)36-26(9-10-26)25(33)29-37(34,35)24-3-1-2-23(28-24)30-11-8-20(32)16-30;/h1-3,6-7,13,17-18,20,32H,4-5,8-12,14-16H2,(H,29,33);1H2/t17?,18?,20-;/m0./s1. The number of benzene rings is 1. The summed E-state index contributed by atoms with van der Waals surface area (Å²) in [6, 6.07) is 10.1. The fourth-order valence-electron chi connectivity index (χ4n) is 5.88. The number of pyridine rings is 1. The fraction of sp³-hybridized carbons (Fsp3) is 0.538. The van der Waals surface area contributed by atoms with Gasteiger partial charge in [0.2, 0.25) is 0 Å². The normalized spacial score (nSPS) is 25.6. The lowest BCUT2D eigenvalue weighted by Gasteiger charge is -2.35. The predicted octanol–water partition coefficient (Wildman–Crippen LogP) is 3.07. The lowest BCUT2D eigenvalue weighted by atomic mass is 9.98. The molecular weight excluding hydrogens is 548 g/mol. The van der Waals surface area contributed by atoms with Crippen LogP contribution in [-0.2, 0) is 14.8 Å². The molecule has 206 valence electrons. The van der Waals surface area contributed by atoms with Crippen molar-refractivity contribution < 1.29 is 23.1 Å². The minimum Gasteiger partial charge on any atom is -0.475 e. The Labute approximate surface area is 235 Å². The van der Waals surface area contributed by atoms with E-state index in [2.05, 4.69) is 14.6 Å². The zero-order chi connectivity index (χ0) is 25.8. The number of hydrogen-bond acceptors (Lipinski definition) is 8. The van der Waals surface area contributed by atoms with Crippen LogP contribution in [0.4, 0.5) is 11.5 Å². The maximum Gasteiger partial charge on any atom is 0.281 e. The highest BCUT2D eigenvalue weighted by Gasteiger charge is 2.54. The number of anilines is 2. The highest BCUT2D eigenvalue weighted by atomic mass is 35.5. The van der Waals surface area contributed by atoms with E-state index in [-0.39, 0.29) is 18.5 Å². The smallest absolute Gasteiger partial charge is 0.281 e. The number of ether oxygens (including phenoxy) is 1. The Morgan fingerprint density at radius 3 is 2.47 bits per heavy atom. The largest absolute Gasteiger partial charge is 0.475 e. The van der Waals surface area contributed by atoms with Gasteiger partial charge in [-0.15, -0.1) is 0 Å². The van der Waals surface area contributed by atoms with Crippen molar-refractivity contribution >= 4 is 52.5 Å². The summed E-state index contributed by atoms with van der Waals surface area (Å²) in [4.78, 5) is 21.6. The predicted molar refractivity (Wildman–Crippen MR) is 150 cm³/mol. The third-order valence-electron chi connectivity index (χ3n) is 7.99. The molecule has 1 aromatic heterocycles. The number of nitrogens with zero attached hydrogens (tertiary/aromatic N) is 3. The number of carbonyl (C=O) groups excluding carboxylic acids is 1. The average molecular weight is 581 g/mol. The first-order chi connectivity index (χ1) is 17.7. The summed E-state index contributed by atoms with van der Waals surface area (Å²) in [7, 11) is -4.22. The van der Waals surface area contributed by atoms with Gasteiger partial charge in [0, 0.05) is 50.1 Å². The van der Waals surface area contributed by atoms with Crippen molar-refractivity contribution in [2.24, 2.45) is 11.8 Å². The van der Waals surface area contributed by atoms with E-state index in [0.29, 0.717) is 60.8 Å². The first-order valence-corrected chi connectivity index (χ1v) is 14.8. The molecule has 12 heteroatoms. The molecule has 3 atom stereocenters. The summed E-state index contributed by atoms with van der Waals surface area (Å²) in [6.07, 6.45) is 4.68. The SMILES string of the molecule is O=C(NS(=O)(=O)c1cccc(N2CC[C@H](O)C2)n1)C1(Oc2cc(Cl)ccc2N2CC3CCC(C3)C2)CC1.S. The van der Waals surface area contributed by atoms with Gasteiger partial charge in [-0.25, -0.2) is 9.71 Å². The minimum absolute atomic E-state index is 0. The summed E-state index contributed by atoms with van der Waals surface area (Å²) in [5, 5.41) is 10.1. The molecule has 0 radical (unpaired) electrons. The van der Waals surface area contributed by atoms with Crippen molar-refractivity contribution in [3.05, 3.63) is 41.4 Å². The van der Waals surface area contributed by atoms with Gasteiger partial charge in [-0.1, -0.05) is 17.7 Å². The summed E-state index contributed by atoms with van der Waals surface area (Å²) in [6.45, 7) is 2.86. The van der Waals surface area contributed by atoms with Crippen LogP contribution >= 0.6 is 25.1 Å². The van der Waals surface area contributed by atoms with Crippen LogP contribution in [0.2, 0.25) is 5.02 Å². The van der Waals surface area contributed by atoms with Gasteiger partial charge in [0.1, 0.15) is 11.6 Å². The Morgan fingerprint density at radius 2 is 1.82 bits per heavy atom. The highest BCUT2D eigenvalue weighted by molar-refractivity contribution is 7.90. The van der Waals surface area contributed by atoms with Crippen LogP contribution in [-0.4, -0.2) is 62.3 Å². The second-order valence-electron chi connectivity index (χ2n) is 10.8. The van der Waals surface area contributed by atoms with E-state index in [1.54, 1.807) is 18.2 Å². The molecule has 4 fully saturated rings. The molecule has 38 heavy (non-hydrogen) atoms. The van der Waals surface area contributed by atoms with Crippen LogP contribution in [0.15, 0.2) is 41.4 Å². The number of sulfonamides is 1. The number of aromatic nitrogens is 1. The molecule has 2 aromatic rings. The van der Waals surface area contributed by atoms with E-state index in [1.165, 1.54) is 25.3 Å². The fourth-order valence-corrected chi connectivity index (χ4v) is 7.05. The second-order valence-corrected chi connectivity index (χ2v) is 12.9. The minimum atomic E-state index is -4.22. The van der Waals surface area contributed by atoms with Gasteiger partial charge >= 0.3 is 0 Å². The summed E-state index contributed by atoms with van der Waals surface area (Å²) in [5.74, 6) is 1.58. The molecule has 9 nitrogen and oxygen atoms in total. The van der Waals surface area contributed by atoms with Gasteiger partial charge in [-0.3, -0.25) is 4.79 Å². The number of carbonyl (C=O) groups is 1. The molecule has 2 aliphatic carbocycles.